The van der Waals surface area contributed by atoms with E-state index in [9.17, 15) is 0 Å². The second-order valence-electron chi connectivity index (χ2n) is 5.05. The molecule has 16 heavy (non-hydrogen) atoms. The average molecular weight is 222 g/mol. The maximum atomic E-state index is 6.03. The number of piperidine rings is 1. The number of furan rings is 1. The van der Waals surface area contributed by atoms with Gasteiger partial charge in [-0.3, -0.25) is 4.90 Å². The number of nitrogens with zero attached hydrogens (tertiary/aromatic N) is 1. The predicted molar refractivity (Wildman–Crippen MR) is 65.2 cm³/mol. The van der Waals surface area contributed by atoms with Crippen molar-refractivity contribution in [3.8, 4) is 0 Å². The Hall–Kier alpha value is -0.800. The monoisotopic (exact) mass is 222 g/mol. The van der Waals surface area contributed by atoms with Gasteiger partial charge in [0.15, 0.2) is 0 Å². The van der Waals surface area contributed by atoms with E-state index in [0.29, 0.717) is 18.0 Å². The molecule has 3 nitrogen and oxygen atoms in total. The summed E-state index contributed by atoms with van der Waals surface area (Å²) in [6.45, 7) is 8.58. The van der Waals surface area contributed by atoms with Crippen LogP contribution >= 0.6 is 0 Å². The van der Waals surface area contributed by atoms with E-state index in [0.717, 1.165) is 31.0 Å². The van der Waals surface area contributed by atoms with Crippen molar-refractivity contribution in [1.82, 2.24) is 4.90 Å². The van der Waals surface area contributed by atoms with Crippen molar-refractivity contribution in [1.29, 1.82) is 0 Å². The smallest absolute Gasteiger partial charge is 0.121 e. The lowest BCUT2D eigenvalue weighted by Crippen LogP contribution is -2.46. The molecule has 0 radical (unpaired) electrons. The molecule has 0 spiro atoms. The van der Waals surface area contributed by atoms with E-state index in [-0.39, 0.29) is 0 Å². The molecule has 1 aliphatic rings. The summed E-state index contributed by atoms with van der Waals surface area (Å²) in [5.41, 5.74) is 6.03. The Bertz CT molecular complexity index is 347. The van der Waals surface area contributed by atoms with E-state index in [1.165, 1.54) is 0 Å². The van der Waals surface area contributed by atoms with Crippen LogP contribution in [0.4, 0.5) is 0 Å². The molecule has 0 amide bonds. The van der Waals surface area contributed by atoms with Crippen LogP contribution in [0, 0.1) is 12.8 Å². The van der Waals surface area contributed by atoms with Gasteiger partial charge in [0.05, 0.1) is 6.04 Å². The number of likely N-dealkylation sites (tertiary alicyclic amines) is 1. The lowest BCUT2D eigenvalue weighted by molar-refractivity contribution is 0.112. The van der Waals surface area contributed by atoms with Gasteiger partial charge in [-0.1, -0.05) is 6.92 Å². The van der Waals surface area contributed by atoms with Gasteiger partial charge in [0, 0.05) is 19.1 Å². The lowest BCUT2D eigenvalue weighted by Gasteiger charge is -2.37. The van der Waals surface area contributed by atoms with Crippen LogP contribution in [0.25, 0.3) is 0 Å². The molecular formula is C13H22N2O. The van der Waals surface area contributed by atoms with Crippen molar-refractivity contribution in [2.45, 2.75) is 39.3 Å². The highest BCUT2D eigenvalue weighted by Crippen LogP contribution is 2.27. The second-order valence-corrected chi connectivity index (χ2v) is 5.05. The summed E-state index contributed by atoms with van der Waals surface area (Å²) in [4.78, 5) is 2.46. The topological polar surface area (TPSA) is 42.4 Å². The fourth-order valence-corrected chi connectivity index (χ4v) is 2.41. The Labute approximate surface area is 97.6 Å². The largest absolute Gasteiger partial charge is 0.465 e. The highest BCUT2D eigenvalue weighted by Gasteiger charge is 2.27. The fourth-order valence-electron chi connectivity index (χ4n) is 2.41. The van der Waals surface area contributed by atoms with Gasteiger partial charge < -0.3 is 10.2 Å². The van der Waals surface area contributed by atoms with Crippen molar-refractivity contribution >= 4 is 0 Å². The Balaban J connectivity index is 2.02. The normalized spacial score (nSPS) is 29.2. The minimum Gasteiger partial charge on any atom is -0.465 e. The molecule has 1 aromatic heterocycles. The fraction of sp³-hybridized carbons (Fsp3) is 0.692. The third-order valence-electron chi connectivity index (χ3n) is 3.72. The molecule has 3 unspecified atom stereocenters. The average Bonchev–Trinajstić information content (AvgIpc) is 2.68. The van der Waals surface area contributed by atoms with Crippen molar-refractivity contribution in [2.75, 3.05) is 13.1 Å². The van der Waals surface area contributed by atoms with Gasteiger partial charge >= 0.3 is 0 Å². The van der Waals surface area contributed by atoms with E-state index in [1.807, 2.05) is 13.0 Å². The van der Waals surface area contributed by atoms with Crippen molar-refractivity contribution in [3.63, 3.8) is 0 Å². The summed E-state index contributed by atoms with van der Waals surface area (Å²) in [5.74, 6) is 2.64. The van der Waals surface area contributed by atoms with Gasteiger partial charge in [0.2, 0.25) is 0 Å². The zero-order valence-electron chi connectivity index (χ0n) is 10.4. The second kappa shape index (κ2) is 4.60. The molecular weight excluding hydrogens is 200 g/mol. The number of nitrogens with two attached hydrogens (primary N) is 1. The summed E-state index contributed by atoms with van der Waals surface area (Å²) in [6, 6.07) is 4.84. The number of rotatable bonds is 2. The van der Waals surface area contributed by atoms with Gasteiger partial charge in [-0.25, -0.2) is 0 Å². The molecule has 2 N–H and O–H groups in total. The molecule has 0 aromatic carbocycles. The van der Waals surface area contributed by atoms with Crippen molar-refractivity contribution < 1.29 is 4.42 Å². The first kappa shape index (κ1) is 11.7. The Morgan fingerprint density at radius 3 is 2.81 bits per heavy atom. The molecule has 1 aromatic rings. The zero-order chi connectivity index (χ0) is 11.7. The van der Waals surface area contributed by atoms with Crippen LogP contribution in [0.3, 0.4) is 0 Å². The summed E-state index contributed by atoms with van der Waals surface area (Å²) in [5, 5.41) is 0. The molecule has 2 rings (SSSR count). The van der Waals surface area contributed by atoms with Crippen LogP contribution in [-0.2, 0) is 0 Å². The van der Waals surface area contributed by atoms with E-state index in [2.05, 4.69) is 24.8 Å². The quantitative estimate of drug-likeness (QED) is 0.835. The van der Waals surface area contributed by atoms with Gasteiger partial charge in [0.25, 0.3) is 0 Å². The molecule has 90 valence electrons. The van der Waals surface area contributed by atoms with Gasteiger partial charge in [-0.2, -0.15) is 0 Å². The van der Waals surface area contributed by atoms with E-state index in [4.69, 9.17) is 10.2 Å². The molecule has 3 atom stereocenters. The number of hydrogen-bond acceptors (Lipinski definition) is 3. The van der Waals surface area contributed by atoms with Gasteiger partial charge in [-0.15, -0.1) is 0 Å². The standard InChI is InChI=1S/C13H22N2O/c1-9-8-15(7-6-12(9)14)11(3)13-5-4-10(2)16-13/h4-5,9,11-12H,6-8,14H2,1-3H3. The molecule has 0 bridgehead atoms. The first-order valence-electron chi connectivity index (χ1n) is 6.14. The molecule has 1 aliphatic heterocycles. The van der Waals surface area contributed by atoms with Gasteiger partial charge in [-0.05, 0) is 38.3 Å². The minimum atomic E-state index is 0.363. The van der Waals surface area contributed by atoms with Crippen LogP contribution in [0.15, 0.2) is 16.5 Å². The Kier molecular flexibility index (Phi) is 3.36. The summed E-state index contributed by atoms with van der Waals surface area (Å²) >= 11 is 0. The summed E-state index contributed by atoms with van der Waals surface area (Å²) in [6.07, 6.45) is 1.09. The predicted octanol–water partition coefficient (Wildman–Crippen LogP) is 2.32. The Morgan fingerprint density at radius 2 is 2.25 bits per heavy atom. The van der Waals surface area contributed by atoms with Crippen LogP contribution in [0.2, 0.25) is 0 Å². The van der Waals surface area contributed by atoms with Crippen LogP contribution in [0.1, 0.15) is 37.8 Å². The minimum absolute atomic E-state index is 0.363. The first-order valence-corrected chi connectivity index (χ1v) is 6.14. The van der Waals surface area contributed by atoms with Gasteiger partial charge in [0.1, 0.15) is 11.5 Å². The number of hydrogen-bond donors (Lipinski definition) is 1. The highest BCUT2D eigenvalue weighted by atomic mass is 16.3. The van der Waals surface area contributed by atoms with E-state index in [1.54, 1.807) is 0 Å². The maximum absolute atomic E-state index is 6.03. The third-order valence-corrected chi connectivity index (χ3v) is 3.72. The molecule has 0 saturated carbocycles. The number of aryl methyl sites for hydroxylation is 1. The van der Waals surface area contributed by atoms with Crippen molar-refractivity contribution in [3.05, 3.63) is 23.7 Å². The Morgan fingerprint density at radius 1 is 1.50 bits per heavy atom. The molecule has 0 aliphatic carbocycles. The maximum Gasteiger partial charge on any atom is 0.121 e. The molecule has 2 heterocycles. The van der Waals surface area contributed by atoms with Crippen LogP contribution in [-0.4, -0.2) is 24.0 Å². The third kappa shape index (κ3) is 2.30. The SMILES string of the molecule is Cc1ccc(C(C)N2CCC(N)C(C)C2)o1. The van der Waals surface area contributed by atoms with Crippen LogP contribution < -0.4 is 5.73 Å². The zero-order valence-corrected chi connectivity index (χ0v) is 10.4. The van der Waals surface area contributed by atoms with Crippen LogP contribution in [0.5, 0.6) is 0 Å². The van der Waals surface area contributed by atoms with Crippen molar-refractivity contribution in [2.24, 2.45) is 11.7 Å². The summed E-state index contributed by atoms with van der Waals surface area (Å²) in [7, 11) is 0. The molecule has 3 heteroatoms. The highest BCUT2D eigenvalue weighted by molar-refractivity contribution is 5.09. The molecule has 1 fully saturated rings. The lowest BCUT2D eigenvalue weighted by atomic mass is 9.93. The van der Waals surface area contributed by atoms with E-state index < -0.39 is 0 Å². The first-order chi connectivity index (χ1) is 7.58. The molecule has 1 saturated heterocycles. The van der Waals surface area contributed by atoms with E-state index >= 15 is 0 Å². The summed E-state index contributed by atoms with van der Waals surface area (Å²) < 4.78 is 5.69.